The summed E-state index contributed by atoms with van der Waals surface area (Å²) >= 11 is 1.26. The molecule has 0 saturated heterocycles. The summed E-state index contributed by atoms with van der Waals surface area (Å²) < 4.78 is 31.4. The molecule has 33 heavy (non-hydrogen) atoms. The Kier molecular flexibility index (Phi) is 5.47. The number of para-hydroxylation sites is 1. The van der Waals surface area contributed by atoms with Crippen LogP contribution in [0, 0.1) is 11.6 Å². The van der Waals surface area contributed by atoms with Crippen LogP contribution in [0.15, 0.2) is 82.7 Å². The molecule has 0 aliphatic rings. The molecule has 0 radical (unpaired) electrons. The molecule has 5 aromatic rings. The van der Waals surface area contributed by atoms with Crippen LogP contribution in [-0.4, -0.2) is 24.3 Å². The molecule has 6 nitrogen and oxygen atoms in total. The fourth-order valence-electron chi connectivity index (χ4n) is 3.54. The molecule has 0 fully saturated rings. The zero-order valence-electron chi connectivity index (χ0n) is 17.4. The lowest BCUT2D eigenvalue weighted by atomic mass is 10.2. The van der Waals surface area contributed by atoms with Gasteiger partial charge in [-0.1, -0.05) is 54.2 Å². The number of fused-ring (bicyclic) bond motifs is 1. The highest BCUT2D eigenvalue weighted by atomic mass is 32.2. The van der Waals surface area contributed by atoms with Gasteiger partial charge in [-0.05, 0) is 24.3 Å². The summed E-state index contributed by atoms with van der Waals surface area (Å²) in [6.45, 7) is 0. The van der Waals surface area contributed by atoms with Crippen LogP contribution in [0.3, 0.4) is 0 Å². The van der Waals surface area contributed by atoms with Crippen LogP contribution in [0.5, 0.6) is 0 Å². The van der Waals surface area contributed by atoms with Crippen LogP contribution in [0.2, 0.25) is 0 Å². The molecule has 0 spiro atoms. The summed E-state index contributed by atoms with van der Waals surface area (Å²) in [7, 11) is 1.66. The van der Waals surface area contributed by atoms with Crippen molar-refractivity contribution < 1.29 is 8.78 Å². The molecule has 164 valence electrons. The Balaban J connectivity index is 1.58. The van der Waals surface area contributed by atoms with Crippen molar-refractivity contribution in [3.63, 3.8) is 0 Å². The minimum atomic E-state index is -0.731. The Hall–Kier alpha value is -3.85. The van der Waals surface area contributed by atoms with E-state index < -0.39 is 11.6 Å². The fourth-order valence-corrected chi connectivity index (χ4v) is 4.47. The third kappa shape index (κ3) is 3.91. The van der Waals surface area contributed by atoms with Gasteiger partial charge in [0.1, 0.15) is 17.5 Å². The van der Waals surface area contributed by atoms with Gasteiger partial charge in [0.25, 0.3) is 5.56 Å². The van der Waals surface area contributed by atoms with E-state index in [0.29, 0.717) is 33.5 Å². The van der Waals surface area contributed by atoms with Gasteiger partial charge >= 0.3 is 0 Å². The Morgan fingerprint density at radius 1 is 0.939 bits per heavy atom. The molecule has 0 N–H and O–H groups in total. The first-order valence-electron chi connectivity index (χ1n) is 10.1. The van der Waals surface area contributed by atoms with E-state index in [1.54, 1.807) is 29.8 Å². The first kappa shape index (κ1) is 21.0. The standard InChI is InChI=1S/C24H17F2N5OS/c1-30-21(27-19-10-6-5-9-17(19)23(30)32)14-33-24-29-28-22(15-7-3-2-4-8-15)31(24)20-12-11-16(25)13-18(20)26/h2-13H,14H2,1H3. The van der Waals surface area contributed by atoms with Crippen LogP contribution in [0.1, 0.15) is 5.82 Å². The smallest absolute Gasteiger partial charge is 0.261 e. The lowest BCUT2D eigenvalue weighted by Crippen LogP contribution is -2.22. The van der Waals surface area contributed by atoms with Gasteiger partial charge in [-0.25, -0.2) is 13.8 Å². The van der Waals surface area contributed by atoms with E-state index in [2.05, 4.69) is 15.2 Å². The lowest BCUT2D eigenvalue weighted by molar-refractivity contribution is 0.575. The van der Waals surface area contributed by atoms with E-state index >= 15 is 0 Å². The number of hydrogen-bond acceptors (Lipinski definition) is 5. The topological polar surface area (TPSA) is 65.6 Å². The fraction of sp³-hybridized carbons (Fsp3) is 0.0833. The van der Waals surface area contributed by atoms with E-state index in [4.69, 9.17) is 0 Å². The van der Waals surface area contributed by atoms with Gasteiger partial charge in [0, 0.05) is 18.7 Å². The second-order valence-electron chi connectivity index (χ2n) is 7.30. The summed E-state index contributed by atoms with van der Waals surface area (Å²) in [6.07, 6.45) is 0. The molecule has 0 bridgehead atoms. The van der Waals surface area contributed by atoms with Gasteiger partial charge in [0.05, 0.1) is 22.3 Å². The van der Waals surface area contributed by atoms with Crippen molar-refractivity contribution in [1.29, 1.82) is 0 Å². The molecule has 5 rings (SSSR count). The highest BCUT2D eigenvalue weighted by molar-refractivity contribution is 7.98. The Bertz CT molecular complexity index is 1530. The molecule has 0 aliphatic carbocycles. The van der Waals surface area contributed by atoms with Crippen LogP contribution >= 0.6 is 11.8 Å². The number of benzene rings is 3. The Labute approximate surface area is 191 Å². The van der Waals surface area contributed by atoms with E-state index in [-0.39, 0.29) is 11.2 Å². The summed E-state index contributed by atoms with van der Waals surface area (Å²) in [6, 6.07) is 19.7. The molecule has 0 amide bonds. The average Bonchev–Trinajstić information content (AvgIpc) is 3.25. The second-order valence-corrected chi connectivity index (χ2v) is 8.24. The zero-order valence-corrected chi connectivity index (χ0v) is 18.3. The summed E-state index contributed by atoms with van der Waals surface area (Å²) in [5, 5.41) is 9.46. The van der Waals surface area contributed by atoms with E-state index in [0.717, 1.165) is 11.6 Å². The maximum Gasteiger partial charge on any atom is 0.261 e. The minimum absolute atomic E-state index is 0.128. The zero-order chi connectivity index (χ0) is 22.9. The van der Waals surface area contributed by atoms with Gasteiger partial charge in [-0.15, -0.1) is 10.2 Å². The lowest BCUT2D eigenvalue weighted by Gasteiger charge is -2.12. The van der Waals surface area contributed by atoms with Crippen molar-refractivity contribution in [2.75, 3.05) is 0 Å². The van der Waals surface area contributed by atoms with Crippen molar-refractivity contribution in [2.45, 2.75) is 10.9 Å². The molecule has 2 heterocycles. The molecular formula is C24H17F2N5OS. The van der Waals surface area contributed by atoms with Crippen LogP contribution < -0.4 is 5.56 Å². The highest BCUT2D eigenvalue weighted by Gasteiger charge is 2.20. The maximum absolute atomic E-state index is 14.8. The first-order chi connectivity index (χ1) is 16.0. The number of aromatic nitrogens is 5. The van der Waals surface area contributed by atoms with Gasteiger partial charge < -0.3 is 0 Å². The molecule has 0 aliphatic heterocycles. The number of halogens is 2. The van der Waals surface area contributed by atoms with Crippen molar-refractivity contribution >= 4 is 22.7 Å². The Morgan fingerprint density at radius 3 is 2.48 bits per heavy atom. The highest BCUT2D eigenvalue weighted by Crippen LogP contribution is 2.30. The summed E-state index contributed by atoms with van der Waals surface area (Å²) in [5.74, 6) is -0.143. The third-order valence-electron chi connectivity index (χ3n) is 5.22. The predicted molar refractivity (Wildman–Crippen MR) is 123 cm³/mol. The number of thioether (sulfide) groups is 1. The van der Waals surface area contributed by atoms with Crippen LogP contribution in [0.25, 0.3) is 28.0 Å². The van der Waals surface area contributed by atoms with Gasteiger partial charge in [0.15, 0.2) is 11.0 Å². The van der Waals surface area contributed by atoms with Crippen LogP contribution in [-0.2, 0) is 12.8 Å². The van der Waals surface area contributed by atoms with E-state index in [1.165, 1.54) is 28.5 Å². The Morgan fingerprint density at radius 2 is 1.70 bits per heavy atom. The molecule has 0 unspecified atom stereocenters. The van der Waals surface area contributed by atoms with Gasteiger partial charge in [-0.2, -0.15) is 0 Å². The van der Waals surface area contributed by atoms with Crippen molar-refractivity contribution in [3.05, 3.63) is 101 Å². The molecule has 2 aromatic heterocycles. The van der Waals surface area contributed by atoms with Gasteiger partial charge in [-0.3, -0.25) is 13.9 Å². The number of nitrogens with zero attached hydrogens (tertiary/aromatic N) is 5. The normalized spacial score (nSPS) is 11.2. The SMILES string of the molecule is Cn1c(CSc2nnc(-c3ccccc3)n2-c2ccc(F)cc2F)nc2ccccc2c1=O. The van der Waals surface area contributed by atoms with Crippen molar-refractivity contribution in [2.24, 2.45) is 7.05 Å². The summed E-state index contributed by atoms with van der Waals surface area (Å²) in [5.41, 5.74) is 1.32. The molecule has 3 aromatic carbocycles. The number of rotatable bonds is 5. The first-order valence-corrected chi connectivity index (χ1v) is 11.0. The minimum Gasteiger partial charge on any atom is -0.299 e. The monoisotopic (exact) mass is 461 g/mol. The third-order valence-corrected chi connectivity index (χ3v) is 6.15. The van der Waals surface area contributed by atoms with Gasteiger partial charge in [0.2, 0.25) is 0 Å². The summed E-state index contributed by atoms with van der Waals surface area (Å²) in [4.78, 5) is 17.3. The quantitative estimate of drug-likeness (QED) is 0.354. The average molecular weight is 461 g/mol. The molecule has 0 saturated carbocycles. The molecule has 9 heteroatoms. The van der Waals surface area contributed by atoms with Crippen molar-refractivity contribution in [3.8, 4) is 17.1 Å². The predicted octanol–water partition coefficient (Wildman–Crippen LogP) is 4.75. The largest absolute Gasteiger partial charge is 0.299 e. The van der Waals surface area contributed by atoms with Crippen molar-refractivity contribution in [1.82, 2.24) is 24.3 Å². The molecular weight excluding hydrogens is 444 g/mol. The maximum atomic E-state index is 14.8. The second kappa shape index (κ2) is 8.59. The van der Waals surface area contributed by atoms with E-state index in [9.17, 15) is 13.6 Å². The number of hydrogen-bond donors (Lipinski definition) is 0. The van der Waals surface area contributed by atoms with E-state index in [1.807, 2.05) is 36.4 Å². The van der Waals surface area contributed by atoms with Crippen LogP contribution in [0.4, 0.5) is 8.78 Å². The molecule has 0 atom stereocenters.